The summed E-state index contributed by atoms with van der Waals surface area (Å²) < 4.78 is 5.26. The maximum absolute atomic E-state index is 11.6. The molecule has 2 aromatic rings. The van der Waals surface area contributed by atoms with Gasteiger partial charge < -0.3 is 9.64 Å². The summed E-state index contributed by atoms with van der Waals surface area (Å²) in [5, 5.41) is 2.40. The molecule has 1 fully saturated rings. The van der Waals surface area contributed by atoms with Crippen LogP contribution >= 0.6 is 0 Å². The summed E-state index contributed by atoms with van der Waals surface area (Å²) in [7, 11) is 1.68. The van der Waals surface area contributed by atoms with Gasteiger partial charge in [0.2, 0.25) is 5.91 Å². The predicted molar refractivity (Wildman–Crippen MR) is 80.0 cm³/mol. The second-order valence-corrected chi connectivity index (χ2v) is 5.28. The van der Waals surface area contributed by atoms with E-state index >= 15 is 0 Å². The van der Waals surface area contributed by atoms with Gasteiger partial charge in [0.15, 0.2) is 0 Å². The van der Waals surface area contributed by atoms with Crippen LogP contribution in [0.1, 0.15) is 18.4 Å². The van der Waals surface area contributed by atoms with E-state index in [0.29, 0.717) is 5.91 Å². The summed E-state index contributed by atoms with van der Waals surface area (Å²) >= 11 is 0. The van der Waals surface area contributed by atoms with Gasteiger partial charge in [-0.3, -0.25) is 4.79 Å². The van der Waals surface area contributed by atoms with Gasteiger partial charge in [0, 0.05) is 19.5 Å². The number of amides is 1. The minimum atomic E-state index is 0.299. The SMILES string of the molecule is COc1ccc2ccc(CCN3CCCC3=O)cc2c1. The first-order valence-corrected chi connectivity index (χ1v) is 7.11. The van der Waals surface area contributed by atoms with Crippen LogP contribution in [-0.4, -0.2) is 31.0 Å². The normalized spacial score (nSPS) is 15.1. The van der Waals surface area contributed by atoms with Crippen molar-refractivity contribution in [3.63, 3.8) is 0 Å². The summed E-state index contributed by atoms with van der Waals surface area (Å²) in [4.78, 5) is 13.6. The molecular weight excluding hydrogens is 250 g/mol. The molecule has 1 aliphatic heterocycles. The van der Waals surface area contributed by atoms with Crippen LogP contribution < -0.4 is 4.74 Å². The fourth-order valence-electron chi connectivity index (χ4n) is 2.76. The zero-order valence-electron chi connectivity index (χ0n) is 11.8. The van der Waals surface area contributed by atoms with E-state index in [1.807, 2.05) is 11.0 Å². The molecule has 1 heterocycles. The minimum absolute atomic E-state index is 0.299. The van der Waals surface area contributed by atoms with Crippen molar-refractivity contribution in [3.05, 3.63) is 42.0 Å². The van der Waals surface area contributed by atoms with Crippen LogP contribution in [0, 0.1) is 0 Å². The van der Waals surface area contributed by atoms with Crippen LogP contribution in [0.2, 0.25) is 0 Å². The molecule has 1 amide bonds. The Hall–Kier alpha value is -2.03. The van der Waals surface area contributed by atoms with Gasteiger partial charge >= 0.3 is 0 Å². The highest BCUT2D eigenvalue weighted by Crippen LogP contribution is 2.22. The van der Waals surface area contributed by atoms with Gasteiger partial charge in [0.25, 0.3) is 0 Å². The predicted octanol–water partition coefficient (Wildman–Crippen LogP) is 3.01. The minimum Gasteiger partial charge on any atom is -0.497 e. The molecule has 0 unspecified atom stereocenters. The van der Waals surface area contributed by atoms with E-state index in [-0.39, 0.29) is 0 Å². The first-order chi connectivity index (χ1) is 9.76. The molecule has 0 atom stereocenters. The molecule has 0 saturated carbocycles. The second kappa shape index (κ2) is 5.53. The van der Waals surface area contributed by atoms with E-state index in [0.717, 1.165) is 38.1 Å². The highest BCUT2D eigenvalue weighted by atomic mass is 16.5. The van der Waals surface area contributed by atoms with Crippen LogP contribution in [0.15, 0.2) is 36.4 Å². The third-order valence-electron chi connectivity index (χ3n) is 3.95. The molecule has 0 spiro atoms. The van der Waals surface area contributed by atoms with Gasteiger partial charge in [0.05, 0.1) is 7.11 Å². The number of methoxy groups -OCH3 is 1. The molecule has 20 heavy (non-hydrogen) atoms. The Labute approximate surface area is 119 Å². The van der Waals surface area contributed by atoms with Crippen LogP contribution in [-0.2, 0) is 11.2 Å². The molecule has 0 aliphatic carbocycles. The number of hydrogen-bond acceptors (Lipinski definition) is 2. The van der Waals surface area contributed by atoms with Crippen LogP contribution in [0.4, 0.5) is 0 Å². The van der Waals surface area contributed by atoms with E-state index in [9.17, 15) is 4.79 Å². The van der Waals surface area contributed by atoms with E-state index < -0.39 is 0 Å². The zero-order valence-corrected chi connectivity index (χ0v) is 11.8. The first-order valence-electron chi connectivity index (χ1n) is 7.11. The number of fused-ring (bicyclic) bond motifs is 1. The second-order valence-electron chi connectivity index (χ2n) is 5.28. The lowest BCUT2D eigenvalue weighted by Gasteiger charge is -2.15. The van der Waals surface area contributed by atoms with Gasteiger partial charge in [-0.1, -0.05) is 24.3 Å². The quantitative estimate of drug-likeness (QED) is 0.854. The largest absolute Gasteiger partial charge is 0.497 e. The summed E-state index contributed by atoms with van der Waals surface area (Å²) in [5.41, 5.74) is 1.27. The van der Waals surface area contributed by atoms with Gasteiger partial charge in [0.1, 0.15) is 5.75 Å². The lowest BCUT2D eigenvalue weighted by Crippen LogP contribution is -2.26. The standard InChI is InChI=1S/C17H19NO2/c1-20-16-7-6-14-5-4-13(11-15(14)12-16)8-10-18-9-2-3-17(18)19/h4-7,11-12H,2-3,8-10H2,1H3. The fraction of sp³-hybridized carbons (Fsp3) is 0.353. The van der Waals surface area contributed by atoms with Crippen molar-refractivity contribution >= 4 is 16.7 Å². The van der Waals surface area contributed by atoms with Gasteiger partial charge in [-0.25, -0.2) is 0 Å². The van der Waals surface area contributed by atoms with Crippen LogP contribution in [0.5, 0.6) is 5.75 Å². The molecule has 1 saturated heterocycles. The highest BCUT2D eigenvalue weighted by molar-refractivity contribution is 5.84. The third kappa shape index (κ3) is 2.62. The van der Waals surface area contributed by atoms with Crippen molar-refractivity contribution < 1.29 is 9.53 Å². The Morgan fingerprint density at radius 1 is 1.15 bits per heavy atom. The lowest BCUT2D eigenvalue weighted by atomic mass is 10.0. The number of benzene rings is 2. The zero-order chi connectivity index (χ0) is 13.9. The fourth-order valence-corrected chi connectivity index (χ4v) is 2.76. The van der Waals surface area contributed by atoms with Gasteiger partial charge in [-0.05, 0) is 41.3 Å². The molecule has 0 aromatic heterocycles. The molecular formula is C17H19NO2. The molecule has 0 radical (unpaired) electrons. The van der Waals surface area contributed by atoms with E-state index in [4.69, 9.17) is 4.74 Å². The van der Waals surface area contributed by atoms with Crippen molar-refractivity contribution in [1.82, 2.24) is 4.90 Å². The Morgan fingerprint density at radius 2 is 2.00 bits per heavy atom. The number of carbonyl (C=O) groups excluding carboxylic acids is 1. The molecule has 3 heteroatoms. The van der Waals surface area contributed by atoms with E-state index in [1.165, 1.54) is 16.3 Å². The maximum atomic E-state index is 11.6. The summed E-state index contributed by atoms with van der Waals surface area (Å²) in [5.74, 6) is 1.18. The Kier molecular flexibility index (Phi) is 3.59. The summed E-state index contributed by atoms with van der Waals surface area (Å²) in [6.07, 6.45) is 2.64. The van der Waals surface area contributed by atoms with Crippen molar-refractivity contribution in [1.29, 1.82) is 0 Å². The Morgan fingerprint density at radius 3 is 2.75 bits per heavy atom. The van der Waals surface area contributed by atoms with E-state index in [2.05, 4.69) is 30.3 Å². The molecule has 3 rings (SSSR count). The molecule has 2 aromatic carbocycles. The number of likely N-dealkylation sites (tertiary alicyclic amines) is 1. The molecule has 0 N–H and O–H groups in total. The summed E-state index contributed by atoms with van der Waals surface area (Å²) in [6, 6.07) is 12.6. The van der Waals surface area contributed by atoms with Crippen LogP contribution in [0.3, 0.4) is 0 Å². The number of ether oxygens (including phenoxy) is 1. The topological polar surface area (TPSA) is 29.5 Å². The summed E-state index contributed by atoms with van der Waals surface area (Å²) in [6.45, 7) is 1.74. The molecule has 0 bridgehead atoms. The molecule has 104 valence electrons. The maximum Gasteiger partial charge on any atom is 0.222 e. The van der Waals surface area contributed by atoms with Crippen molar-refractivity contribution in [2.24, 2.45) is 0 Å². The third-order valence-corrected chi connectivity index (χ3v) is 3.95. The lowest BCUT2D eigenvalue weighted by molar-refractivity contribution is -0.127. The van der Waals surface area contributed by atoms with Crippen molar-refractivity contribution in [2.75, 3.05) is 20.2 Å². The highest BCUT2D eigenvalue weighted by Gasteiger charge is 2.19. The average molecular weight is 269 g/mol. The number of rotatable bonds is 4. The Bertz CT molecular complexity index is 636. The van der Waals surface area contributed by atoms with Crippen molar-refractivity contribution in [2.45, 2.75) is 19.3 Å². The number of carbonyl (C=O) groups is 1. The van der Waals surface area contributed by atoms with Gasteiger partial charge in [-0.15, -0.1) is 0 Å². The first kappa shape index (κ1) is 13.0. The number of nitrogens with zero attached hydrogens (tertiary/aromatic N) is 1. The number of hydrogen-bond donors (Lipinski definition) is 0. The van der Waals surface area contributed by atoms with E-state index in [1.54, 1.807) is 7.11 Å². The van der Waals surface area contributed by atoms with Crippen LogP contribution in [0.25, 0.3) is 10.8 Å². The molecule has 3 nitrogen and oxygen atoms in total. The van der Waals surface area contributed by atoms with Gasteiger partial charge in [-0.2, -0.15) is 0 Å². The monoisotopic (exact) mass is 269 g/mol. The average Bonchev–Trinajstić information content (AvgIpc) is 2.89. The Balaban J connectivity index is 1.76. The van der Waals surface area contributed by atoms with Crippen molar-refractivity contribution in [3.8, 4) is 5.75 Å². The smallest absolute Gasteiger partial charge is 0.222 e. The molecule has 1 aliphatic rings.